The number of rotatable bonds is 5. The molecule has 0 radical (unpaired) electrons. The highest BCUT2D eigenvalue weighted by Crippen LogP contribution is 2.26. The van der Waals surface area contributed by atoms with Gasteiger partial charge in [-0.15, -0.1) is 0 Å². The van der Waals surface area contributed by atoms with Crippen LogP contribution in [0.25, 0.3) is 0 Å². The molecule has 7 heteroatoms. The number of hydrogen-bond acceptors (Lipinski definition) is 4. The first-order valence-electron chi connectivity index (χ1n) is 9.41. The number of halogens is 2. The predicted octanol–water partition coefficient (Wildman–Crippen LogP) is 3.14. The highest BCUT2D eigenvalue weighted by molar-refractivity contribution is 6.30. The van der Waals surface area contributed by atoms with Crippen LogP contribution in [0, 0.1) is 5.82 Å². The summed E-state index contributed by atoms with van der Waals surface area (Å²) < 4.78 is 24.2. The van der Waals surface area contributed by atoms with E-state index in [1.165, 1.54) is 29.3 Å². The number of nitrogens with zero attached hydrogens (tertiary/aromatic N) is 2. The first-order chi connectivity index (χ1) is 13.6. The number of carbonyl (C=O) groups excluding carboxylic acids is 1. The number of carbonyl (C=O) groups is 1. The van der Waals surface area contributed by atoms with Gasteiger partial charge < -0.3 is 14.4 Å². The maximum absolute atomic E-state index is 13.2. The molecular formula is C21H22ClFN2O3. The summed E-state index contributed by atoms with van der Waals surface area (Å²) in [4.78, 5) is 16.5. The van der Waals surface area contributed by atoms with Crippen molar-refractivity contribution in [2.75, 3.05) is 39.4 Å². The fourth-order valence-electron chi connectivity index (χ4n) is 3.55. The van der Waals surface area contributed by atoms with Gasteiger partial charge in [0.2, 0.25) is 0 Å². The van der Waals surface area contributed by atoms with Gasteiger partial charge in [-0.1, -0.05) is 23.7 Å². The molecule has 1 saturated heterocycles. The second-order valence-corrected chi connectivity index (χ2v) is 7.47. The smallest absolute Gasteiger partial charge is 0.260 e. The zero-order valence-corrected chi connectivity index (χ0v) is 16.3. The molecule has 5 nitrogen and oxygen atoms in total. The number of piperazine rings is 1. The second-order valence-electron chi connectivity index (χ2n) is 7.06. The molecule has 1 fully saturated rings. The third kappa shape index (κ3) is 4.39. The normalized spacial score (nSPS) is 16.6. The minimum absolute atomic E-state index is 0.0170. The molecule has 2 aromatic carbocycles. The SMILES string of the molecule is O=C(COc1ccc(F)c(Cl)c1)N1CCN(Cc2ccc3c(c2)CCO3)CC1. The number of hydrogen-bond donors (Lipinski definition) is 0. The van der Waals surface area contributed by atoms with E-state index in [2.05, 4.69) is 23.1 Å². The predicted molar refractivity (Wildman–Crippen MR) is 104 cm³/mol. The van der Waals surface area contributed by atoms with Gasteiger partial charge in [0.05, 0.1) is 11.6 Å². The van der Waals surface area contributed by atoms with Gasteiger partial charge in [0.15, 0.2) is 6.61 Å². The zero-order chi connectivity index (χ0) is 19.5. The number of fused-ring (bicyclic) bond motifs is 1. The summed E-state index contributed by atoms with van der Waals surface area (Å²) in [7, 11) is 0. The molecule has 0 N–H and O–H groups in total. The fraction of sp³-hybridized carbons (Fsp3) is 0.381. The topological polar surface area (TPSA) is 42.0 Å². The van der Waals surface area contributed by atoms with Crippen LogP contribution in [-0.2, 0) is 17.8 Å². The van der Waals surface area contributed by atoms with E-state index in [1.54, 1.807) is 4.90 Å². The van der Waals surface area contributed by atoms with E-state index < -0.39 is 5.82 Å². The maximum atomic E-state index is 13.2. The van der Waals surface area contributed by atoms with Gasteiger partial charge >= 0.3 is 0 Å². The number of amides is 1. The molecule has 0 spiro atoms. The van der Waals surface area contributed by atoms with Crippen LogP contribution >= 0.6 is 11.6 Å². The molecule has 2 aromatic rings. The average molecular weight is 405 g/mol. The molecule has 0 unspecified atom stereocenters. The summed E-state index contributed by atoms with van der Waals surface area (Å²) in [6, 6.07) is 10.5. The number of benzene rings is 2. The van der Waals surface area contributed by atoms with Crippen LogP contribution in [0.5, 0.6) is 11.5 Å². The van der Waals surface area contributed by atoms with E-state index in [4.69, 9.17) is 21.1 Å². The molecule has 0 bridgehead atoms. The number of ether oxygens (including phenoxy) is 2. The van der Waals surface area contributed by atoms with Gasteiger partial charge in [-0.2, -0.15) is 0 Å². The van der Waals surface area contributed by atoms with Crippen molar-refractivity contribution in [1.29, 1.82) is 0 Å². The largest absolute Gasteiger partial charge is 0.493 e. The Kier molecular flexibility index (Phi) is 5.69. The minimum Gasteiger partial charge on any atom is -0.493 e. The Labute approximate surface area is 168 Å². The van der Waals surface area contributed by atoms with Crippen molar-refractivity contribution < 1.29 is 18.7 Å². The first kappa shape index (κ1) is 19.0. The molecule has 2 heterocycles. The van der Waals surface area contributed by atoms with Crippen molar-refractivity contribution >= 4 is 17.5 Å². The van der Waals surface area contributed by atoms with E-state index in [0.29, 0.717) is 18.8 Å². The van der Waals surface area contributed by atoms with Crippen molar-refractivity contribution in [3.63, 3.8) is 0 Å². The highest BCUT2D eigenvalue weighted by atomic mass is 35.5. The Balaban J connectivity index is 1.24. The first-order valence-corrected chi connectivity index (χ1v) is 9.79. The Bertz CT molecular complexity index is 869. The average Bonchev–Trinajstić information content (AvgIpc) is 3.17. The maximum Gasteiger partial charge on any atom is 0.260 e. The lowest BCUT2D eigenvalue weighted by Gasteiger charge is -2.34. The summed E-state index contributed by atoms with van der Waals surface area (Å²) in [6.07, 6.45) is 0.977. The Morgan fingerprint density at radius 1 is 1.14 bits per heavy atom. The van der Waals surface area contributed by atoms with Crippen molar-refractivity contribution in [3.8, 4) is 11.5 Å². The third-order valence-corrected chi connectivity index (χ3v) is 5.43. The summed E-state index contributed by atoms with van der Waals surface area (Å²) in [5.41, 5.74) is 2.56. The second kappa shape index (κ2) is 8.37. The van der Waals surface area contributed by atoms with Crippen LogP contribution in [0.4, 0.5) is 4.39 Å². The van der Waals surface area contributed by atoms with Crippen LogP contribution in [0.2, 0.25) is 5.02 Å². The van der Waals surface area contributed by atoms with Gasteiger partial charge in [-0.3, -0.25) is 9.69 Å². The van der Waals surface area contributed by atoms with Crippen LogP contribution in [0.1, 0.15) is 11.1 Å². The molecule has 148 valence electrons. The van der Waals surface area contributed by atoms with Gasteiger partial charge in [0.1, 0.15) is 17.3 Å². The molecule has 0 saturated carbocycles. The van der Waals surface area contributed by atoms with Crippen molar-refractivity contribution in [2.24, 2.45) is 0 Å². The van der Waals surface area contributed by atoms with Crippen LogP contribution in [0.15, 0.2) is 36.4 Å². The van der Waals surface area contributed by atoms with Crippen LogP contribution in [0.3, 0.4) is 0 Å². The van der Waals surface area contributed by atoms with E-state index in [9.17, 15) is 9.18 Å². The highest BCUT2D eigenvalue weighted by Gasteiger charge is 2.22. The molecule has 0 atom stereocenters. The summed E-state index contributed by atoms with van der Waals surface area (Å²) in [5.74, 6) is 0.808. The van der Waals surface area contributed by atoms with Crippen LogP contribution in [-0.4, -0.2) is 55.1 Å². The third-order valence-electron chi connectivity index (χ3n) is 5.14. The summed E-state index contributed by atoms with van der Waals surface area (Å²) in [6.45, 7) is 4.54. The van der Waals surface area contributed by atoms with Gasteiger partial charge in [0.25, 0.3) is 5.91 Å². The molecular weight excluding hydrogens is 383 g/mol. The monoisotopic (exact) mass is 404 g/mol. The van der Waals surface area contributed by atoms with Crippen LogP contribution < -0.4 is 9.47 Å². The molecule has 0 aliphatic carbocycles. The summed E-state index contributed by atoms with van der Waals surface area (Å²) >= 11 is 5.73. The molecule has 28 heavy (non-hydrogen) atoms. The Morgan fingerprint density at radius 3 is 2.75 bits per heavy atom. The summed E-state index contributed by atoms with van der Waals surface area (Å²) in [5, 5.41) is -0.0170. The molecule has 2 aliphatic heterocycles. The van der Waals surface area contributed by atoms with E-state index in [0.717, 1.165) is 38.4 Å². The lowest BCUT2D eigenvalue weighted by molar-refractivity contribution is -0.135. The van der Waals surface area contributed by atoms with Gasteiger partial charge in [-0.05, 0) is 29.3 Å². The Morgan fingerprint density at radius 2 is 1.96 bits per heavy atom. The Hall–Kier alpha value is -2.31. The van der Waals surface area contributed by atoms with Crippen molar-refractivity contribution in [1.82, 2.24) is 9.80 Å². The lowest BCUT2D eigenvalue weighted by atomic mass is 10.1. The lowest BCUT2D eigenvalue weighted by Crippen LogP contribution is -2.49. The standard InChI is InChI=1S/C21H22ClFN2O3/c22-18-12-17(2-3-19(18)23)28-14-21(26)25-8-6-24(7-9-25)13-15-1-4-20-16(11-15)5-10-27-20/h1-4,11-12H,5-10,13-14H2. The van der Waals surface area contributed by atoms with Crippen molar-refractivity contribution in [3.05, 3.63) is 58.4 Å². The molecule has 2 aliphatic rings. The van der Waals surface area contributed by atoms with Gasteiger partial charge in [-0.25, -0.2) is 4.39 Å². The molecule has 1 amide bonds. The van der Waals surface area contributed by atoms with E-state index in [-0.39, 0.29) is 17.5 Å². The van der Waals surface area contributed by atoms with E-state index >= 15 is 0 Å². The van der Waals surface area contributed by atoms with Crippen molar-refractivity contribution in [2.45, 2.75) is 13.0 Å². The molecule has 0 aromatic heterocycles. The molecule has 4 rings (SSSR count). The van der Waals surface area contributed by atoms with Gasteiger partial charge in [0, 0.05) is 45.2 Å². The fourth-order valence-corrected chi connectivity index (χ4v) is 3.73. The van der Waals surface area contributed by atoms with E-state index in [1.807, 2.05) is 0 Å². The zero-order valence-electron chi connectivity index (χ0n) is 15.5. The quantitative estimate of drug-likeness (QED) is 0.767. The minimum atomic E-state index is -0.507.